The quantitative estimate of drug-likeness (QED) is 0.497. The summed E-state index contributed by atoms with van der Waals surface area (Å²) in [4.78, 5) is 16.3. The fourth-order valence-corrected chi connectivity index (χ4v) is 3.05. The van der Waals surface area contributed by atoms with Gasteiger partial charge in [0.15, 0.2) is 5.82 Å². The Kier molecular flexibility index (Phi) is 5.54. The van der Waals surface area contributed by atoms with Gasteiger partial charge in [-0.25, -0.2) is 4.68 Å². The largest absolute Gasteiger partial charge is 0.416 e. The second-order valence-corrected chi connectivity index (χ2v) is 7.05. The summed E-state index contributed by atoms with van der Waals surface area (Å²) in [5.74, 6) is 5.88. The maximum Gasteiger partial charge on any atom is 0.416 e. The van der Waals surface area contributed by atoms with Crippen LogP contribution in [0.15, 0.2) is 53.9 Å². The molecular formula is C17H15F3N6OS. The van der Waals surface area contributed by atoms with Crippen LogP contribution in [0.2, 0.25) is 0 Å². The molecule has 0 saturated carbocycles. The van der Waals surface area contributed by atoms with Crippen molar-refractivity contribution in [3.05, 3.63) is 54.4 Å². The second-order valence-electron chi connectivity index (χ2n) is 5.75. The third kappa shape index (κ3) is 4.42. The lowest BCUT2D eigenvalue weighted by Crippen LogP contribution is -2.24. The number of amides is 1. The molecule has 0 bridgehead atoms. The second kappa shape index (κ2) is 7.89. The molecule has 1 atom stereocenters. The zero-order chi connectivity index (χ0) is 20.3. The number of aromatic nitrogens is 4. The van der Waals surface area contributed by atoms with Crippen LogP contribution in [0.4, 0.5) is 18.9 Å². The standard InChI is InChI=1S/C17H15F3N6OS/c1-10(15(27)23-13-6-2-5-12(8-13)17(18,19)20)28-16-25-24-14(26(16)21)11-4-3-7-22-9-11/h2-10H,21H2,1H3,(H,23,27)/t10-/m1/s1. The van der Waals surface area contributed by atoms with E-state index in [9.17, 15) is 18.0 Å². The van der Waals surface area contributed by atoms with Crippen molar-refractivity contribution in [1.82, 2.24) is 19.9 Å². The van der Waals surface area contributed by atoms with Crippen LogP contribution < -0.4 is 11.2 Å². The minimum absolute atomic E-state index is 0.0533. The van der Waals surface area contributed by atoms with E-state index in [-0.39, 0.29) is 10.8 Å². The van der Waals surface area contributed by atoms with Gasteiger partial charge in [-0.2, -0.15) is 13.2 Å². The molecule has 146 valence electrons. The van der Waals surface area contributed by atoms with Crippen molar-refractivity contribution in [2.24, 2.45) is 0 Å². The average molecular weight is 408 g/mol. The summed E-state index contributed by atoms with van der Waals surface area (Å²) in [5, 5.41) is 10.0. The highest BCUT2D eigenvalue weighted by atomic mass is 32.2. The van der Waals surface area contributed by atoms with Crippen LogP contribution in [0.3, 0.4) is 0 Å². The van der Waals surface area contributed by atoms with Gasteiger partial charge in [-0.3, -0.25) is 9.78 Å². The minimum atomic E-state index is -4.49. The maximum absolute atomic E-state index is 12.8. The molecule has 1 aromatic carbocycles. The first-order chi connectivity index (χ1) is 13.3. The number of rotatable bonds is 5. The predicted molar refractivity (Wildman–Crippen MR) is 98.8 cm³/mol. The lowest BCUT2D eigenvalue weighted by molar-refractivity contribution is -0.137. The zero-order valence-corrected chi connectivity index (χ0v) is 15.3. The Balaban J connectivity index is 1.69. The van der Waals surface area contributed by atoms with Crippen LogP contribution in [-0.4, -0.2) is 31.0 Å². The number of benzene rings is 1. The van der Waals surface area contributed by atoms with Crippen LogP contribution in [0.5, 0.6) is 0 Å². The van der Waals surface area contributed by atoms with E-state index in [0.29, 0.717) is 11.4 Å². The van der Waals surface area contributed by atoms with Gasteiger partial charge in [0.25, 0.3) is 0 Å². The van der Waals surface area contributed by atoms with Crippen molar-refractivity contribution in [2.75, 3.05) is 11.2 Å². The van der Waals surface area contributed by atoms with Gasteiger partial charge in [-0.1, -0.05) is 17.8 Å². The van der Waals surface area contributed by atoms with Gasteiger partial charge in [-0.15, -0.1) is 10.2 Å². The number of nitrogens with two attached hydrogens (primary N) is 1. The number of hydrogen-bond donors (Lipinski definition) is 2. The third-order valence-corrected chi connectivity index (χ3v) is 4.75. The monoisotopic (exact) mass is 408 g/mol. The molecule has 2 heterocycles. The minimum Gasteiger partial charge on any atom is -0.335 e. The smallest absolute Gasteiger partial charge is 0.335 e. The van der Waals surface area contributed by atoms with Gasteiger partial charge in [0.05, 0.1) is 10.8 Å². The molecule has 0 aliphatic rings. The molecule has 0 spiro atoms. The number of carbonyl (C=O) groups is 1. The van der Waals surface area contributed by atoms with Gasteiger partial charge < -0.3 is 11.2 Å². The number of pyridine rings is 1. The van der Waals surface area contributed by atoms with Crippen molar-refractivity contribution < 1.29 is 18.0 Å². The number of nitrogens with zero attached hydrogens (tertiary/aromatic N) is 4. The molecule has 0 aliphatic heterocycles. The molecule has 3 aromatic rings. The molecule has 7 nitrogen and oxygen atoms in total. The predicted octanol–water partition coefficient (Wildman–Crippen LogP) is 3.19. The summed E-state index contributed by atoms with van der Waals surface area (Å²) in [6.45, 7) is 1.59. The molecule has 0 aliphatic carbocycles. The lowest BCUT2D eigenvalue weighted by atomic mass is 10.2. The molecule has 0 unspecified atom stereocenters. The average Bonchev–Trinajstić information content (AvgIpc) is 3.02. The number of alkyl halides is 3. The molecule has 0 radical (unpaired) electrons. The highest BCUT2D eigenvalue weighted by Gasteiger charge is 2.30. The van der Waals surface area contributed by atoms with E-state index in [1.807, 2.05) is 0 Å². The Morgan fingerprint density at radius 2 is 2.04 bits per heavy atom. The molecule has 1 amide bonds. The van der Waals surface area contributed by atoms with Crippen LogP contribution in [-0.2, 0) is 11.0 Å². The molecule has 3 rings (SSSR count). The van der Waals surface area contributed by atoms with Gasteiger partial charge in [-0.05, 0) is 37.3 Å². The Bertz CT molecular complexity index is 977. The zero-order valence-electron chi connectivity index (χ0n) is 14.5. The fraction of sp³-hybridized carbons (Fsp3) is 0.176. The molecule has 2 aromatic heterocycles. The molecule has 28 heavy (non-hydrogen) atoms. The first-order valence-corrected chi connectivity index (χ1v) is 8.89. The molecule has 11 heteroatoms. The van der Waals surface area contributed by atoms with Crippen molar-refractivity contribution in [3.63, 3.8) is 0 Å². The first kappa shape index (κ1) is 19.7. The lowest BCUT2D eigenvalue weighted by Gasteiger charge is -2.13. The van der Waals surface area contributed by atoms with E-state index in [4.69, 9.17) is 5.84 Å². The Morgan fingerprint density at radius 3 is 2.71 bits per heavy atom. The summed E-state index contributed by atoms with van der Waals surface area (Å²) in [7, 11) is 0. The normalized spacial score (nSPS) is 12.6. The van der Waals surface area contributed by atoms with E-state index < -0.39 is 22.9 Å². The van der Waals surface area contributed by atoms with Gasteiger partial charge in [0.2, 0.25) is 11.1 Å². The highest BCUT2D eigenvalue weighted by Crippen LogP contribution is 2.31. The summed E-state index contributed by atoms with van der Waals surface area (Å²) in [5.41, 5.74) is -0.128. The molecular weight excluding hydrogens is 393 g/mol. The van der Waals surface area contributed by atoms with Crippen LogP contribution >= 0.6 is 11.8 Å². The van der Waals surface area contributed by atoms with E-state index in [2.05, 4.69) is 20.5 Å². The van der Waals surface area contributed by atoms with E-state index in [1.165, 1.54) is 16.8 Å². The number of nitrogen functional groups attached to an aromatic ring is 1. The number of halogens is 3. The molecule has 0 fully saturated rings. The maximum atomic E-state index is 12.8. The molecule has 0 saturated heterocycles. The van der Waals surface area contributed by atoms with Crippen LogP contribution in [0.1, 0.15) is 12.5 Å². The van der Waals surface area contributed by atoms with E-state index in [0.717, 1.165) is 23.9 Å². The number of carbonyl (C=O) groups excluding carboxylic acids is 1. The number of anilines is 1. The first-order valence-electron chi connectivity index (χ1n) is 8.01. The number of thioether (sulfide) groups is 1. The Hall–Kier alpha value is -3.08. The number of nitrogens with one attached hydrogen (secondary N) is 1. The van der Waals surface area contributed by atoms with E-state index >= 15 is 0 Å². The summed E-state index contributed by atoms with van der Waals surface area (Å²) < 4.78 is 39.6. The third-order valence-electron chi connectivity index (χ3n) is 3.69. The van der Waals surface area contributed by atoms with Crippen molar-refractivity contribution in [2.45, 2.75) is 23.5 Å². The fourth-order valence-electron chi connectivity index (χ4n) is 2.28. The summed E-state index contributed by atoms with van der Waals surface area (Å²) in [6.07, 6.45) is -1.30. The Morgan fingerprint density at radius 1 is 1.25 bits per heavy atom. The topological polar surface area (TPSA) is 98.7 Å². The van der Waals surface area contributed by atoms with Gasteiger partial charge >= 0.3 is 6.18 Å². The SMILES string of the molecule is C[C@@H](Sc1nnc(-c2cccnc2)n1N)C(=O)Nc1cccc(C(F)(F)F)c1. The van der Waals surface area contributed by atoms with Crippen LogP contribution in [0, 0.1) is 0 Å². The van der Waals surface area contributed by atoms with Gasteiger partial charge in [0, 0.05) is 23.6 Å². The van der Waals surface area contributed by atoms with Crippen molar-refractivity contribution in [3.8, 4) is 11.4 Å². The molecule has 3 N–H and O–H groups in total. The van der Waals surface area contributed by atoms with E-state index in [1.54, 1.807) is 31.5 Å². The highest BCUT2D eigenvalue weighted by molar-refractivity contribution is 8.00. The summed E-state index contributed by atoms with van der Waals surface area (Å²) in [6, 6.07) is 7.91. The van der Waals surface area contributed by atoms with Crippen LogP contribution in [0.25, 0.3) is 11.4 Å². The Labute approximate surface area is 162 Å². The van der Waals surface area contributed by atoms with Gasteiger partial charge in [0.1, 0.15) is 0 Å². The van der Waals surface area contributed by atoms with Crippen molar-refractivity contribution >= 4 is 23.4 Å². The van der Waals surface area contributed by atoms with Crippen molar-refractivity contribution in [1.29, 1.82) is 0 Å². The number of hydrogen-bond acceptors (Lipinski definition) is 6. The summed E-state index contributed by atoms with van der Waals surface area (Å²) >= 11 is 1.03.